The summed E-state index contributed by atoms with van der Waals surface area (Å²) in [6, 6.07) is 31.2. The minimum Gasteiger partial charge on any atom is -0.497 e. The van der Waals surface area contributed by atoms with Crippen molar-refractivity contribution in [2.75, 3.05) is 27.4 Å². The first-order valence-electron chi connectivity index (χ1n) is 19.6. The van der Waals surface area contributed by atoms with Crippen molar-refractivity contribution in [2.24, 2.45) is 0 Å². The topological polar surface area (TPSA) is 164 Å². The van der Waals surface area contributed by atoms with E-state index in [1.165, 1.54) is 28.2 Å². The highest BCUT2D eigenvalue weighted by molar-refractivity contribution is 7.51. The van der Waals surface area contributed by atoms with E-state index in [2.05, 4.69) is 11.1 Å². The predicted molar refractivity (Wildman–Crippen MR) is 227 cm³/mol. The molecule has 16 heteroatoms. The number of nitriles is 1. The van der Waals surface area contributed by atoms with Crippen LogP contribution in [0.15, 0.2) is 118 Å². The third kappa shape index (κ3) is 9.84. The summed E-state index contributed by atoms with van der Waals surface area (Å²) < 4.78 is 62.9. The molecule has 0 saturated carbocycles. The van der Waals surface area contributed by atoms with Gasteiger partial charge in [0.1, 0.15) is 35.4 Å². The number of nitrogens with one attached hydrogen (secondary N) is 1. The first kappa shape index (κ1) is 44.7. The molecule has 60 heavy (non-hydrogen) atoms. The van der Waals surface area contributed by atoms with E-state index in [0.29, 0.717) is 11.5 Å². The van der Waals surface area contributed by atoms with E-state index in [1.807, 2.05) is 124 Å². The zero-order chi connectivity index (χ0) is 42.9. The van der Waals surface area contributed by atoms with Crippen molar-refractivity contribution in [1.29, 1.82) is 5.26 Å². The minimum atomic E-state index is -4.28. The number of H-pyrrole nitrogens is 1. The highest BCUT2D eigenvalue weighted by atomic mass is 32.1. The van der Waals surface area contributed by atoms with Gasteiger partial charge in [0, 0.05) is 29.2 Å². The number of ether oxygens (including phenoxy) is 5. The lowest BCUT2D eigenvalue weighted by molar-refractivity contribution is -0.0989. The molecule has 318 valence electrons. The Kier molecular flexibility index (Phi) is 15.0. The standard InChI is InChI=1S/C44H51N4O10PS/c1-30(2)48(31(3)4)59(51,56-26-11-24-45)58-40-38(57-42(47-25-23-39(49)46-43(47)50)41(40)54-28-37-14-10-27-60-37)29-55-44(32-12-8-7-9-13-32,33-15-19-35(52-5)20-16-33)34-17-21-36(53-6)22-18-34/h7-10,12-23,25,27,30-31,38,40-42H,11,26,28-29H2,1-6H3,(H,46,49,50)/t38-,40-,41-,42-,59?/m1/s1. The summed E-state index contributed by atoms with van der Waals surface area (Å²) >= 11 is 1.48. The van der Waals surface area contributed by atoms with Gasteiger partial charge < -0.3 is 23.7 Å². The summed E-state index contributed by atoms with van der Waals surface area (Å²) in [4.78, 5) is 29.0. The van der Waals surface area contributed by atoms with Crippen molar-refractivity contribution in [3.63, 3.8) is 0 Å². The van der Waals surface area contributed by atoms with E-state index in [-0.39, 0.29) is 38.3 Å². The maximum Gasteiger partial charge on any atom is 0.409 e. The molecule has 6 rings (SSSR count). The Morgan fingerprint density at radius 3 is 2.02 bits per heavy atom. The number of aromatic nitrogens is 2. The lowest BCUT2D eigenvalue weighted by atomic mass is 9.80. The molecular formula is C44H51N4O10PS. The molecule has 3 aromatic carbocycles. The molecule has 1 N–H and O–H groups in total. The van der Waals surface area contributed by atoms with Crippen LogP contribution < -0.4 is 20.7 Å². The van der Waals surface area contributed by atoms with Crippen LogP contribution in [-0.4, -0.2) is 72.1 Å². The van der Waals surface area contributed by atoms with E-state index in [1.54, 1.807) is 18.9 Å². The minimum absolute atomic E-state index is 0.0396. The van der Waals surface area contributed by atoms with E-state index >= 15 is 4.57 Å². The van der Waals surface area contributed by atoms with Crippen molar-refractivity contribution < 1.29 is 37.3 Å². The van der Waals surface area contributed by atoms with Crippen LogP contribution in [0.25, 0.3) is 0 Å². The number of rotatable bonds is 20. The van der Waals surface area contributed by atoms with Gasteiger partial charge >= 0.3 is 13.4 Å². The summed E-state index contributed by atoms with van der Waals surface area (Å²) in [6.07, 6.45) is -3.29. The zero-order valence-electron chi connectivity index (χ0n) is 34.5. The first-order chi connectivity index (χ1) is 28.9. The lowest BCUT2D eigenvalue weighted by Gasteiger charge is -2.39. The Morgan fingerprint density at radius 2 is 1.48 bits per heavy atom. The van der Waals surface area contributed by atoms with Crippen LogP contribution in [-0.2, 0) is 40.0 Å². The summed E-state index contributed by atoms with van der Waals surface area (Å²) in [7, 11) is -1.08. The fourth-order valence-corrected chi connectivity index (χ4v) is 10.5. The van der Waals surface area contributed by atoms with E-state index in [0.717, 1.165) is 21.6 Å². The number of benzene rings is 3. The number of methoxy groups -OCH3 is 2. The van der Waals surface area contributed by atoms with E-state index < -0.39 is 49.1 Å². The van der Waals surface area contributed by atoms with Crippen LogP contribution in [0, 0.1) is 11.3 Å². The van der Waals surface area contributed by atoms with Gasteiger partial charge in [-0.2, -0.15) is 5.26 Å². The van der Waals surface area contributed by atoms with Crippen molar-refractivity contribution in [1.82, 2.24) is 14.2 Å². The van der Waals surface area contributed by atoms with E-state index in [9.17, 15) is 14.9 Å². The molecule has 1 aliphatic rings. The van der Waals surface area contributed by atoms with Crippen LogP contribution in [0.5, 0.6) is 11.5 Å². The van der Waals surface area contributed by atoms with Gasteiger partial charge in [0.2, 0.25) is 0 Å². The van der Waals surface area contributed by atoms with Crippen LogP contribution in [0.3, 0.4) is 0 Å². The quantitative estimate of drug-likeness (QED) is 0.0463. The number of aromatic amines is 1. The van der Waals surface area contributed by atoms with Crippen LogP contribution >= 0.6 is 19.1 Å². The Balaban J connectivity index is 1.53. The van der Waals surface area contributed by atoms with Crippen molar-refractivity contribution in [2.45, 2.75) is 82.9 Å². The molecule has 5 aromatic rings. The van der Waals surface area contributed by atoms with Gasteiger partial charge in [-0.05, 0) is 80.1 Å². The zero-order valence-corrected chi connectivity index (χ0v) is 36.2. The molecule has 0 amide bonds. The van der Waals surface area contributed by atoms with Gasteiger partial charge in [-0.1, -0.05) is 60.7 Å². The molecule has 1 fully saturated rings. The van der Waals surface area contributed by atoms with Crippen molar-refractivity contribution in [3.05, 3.63) is 151 Å². The highest BCUT2D eigenvalue weighted by Gasteiger charge is 2.54. The monoisotopic (exact) mass is 858 g/mol. The average molecular weight is 859 g/mol. The molecular weight excluding hydrogens is 808 g/mol. The molecule has 1 unspecified atom stereocenters. The summed E-state index contributed by atoms with van der Waals surface area (Å²) in [5, 5.41) is 11.4. The van der Waals surface area contributed by atoms with Crippen LogP contribution in [0.1, 0.15) is 61.9 Å². The number of hydrogen-bond donors (Lipinski definition) is 1. The number of hydrogen-bond acceptors (Lipinski definition) is 12. The molecule has 0 radical (unpaired) electrons. The Bertz CT molecular complexity index is 2270. The summed E-state index contributed by atoms with van der Waals surface area (Å²) in [5.74, 6) is 1.30. The first-order valence-corrected chi connectivity index (χ1v) is 22.0. The highest BCUT2D eigenvalue weighted by Crippen LogP contribution is 2.58. The molecule has 0 aliphatic carbocycles. The molecule has 2 aromatic heterocycles. The molecule has 0 spiro atoms. The molecule has 1 aliphatic heterocycles. The second kappa shape index (κ2) is 20.1. The van der Waals surface area contributed by atoms with Crippen molar-refractivity contribution in [3.8, 4) is 17.6 Å². The molecule has 0 bridgehead atoms. The van der Waals surface area contributed by atoms with Gasteiger partial charge in [-0.25, -0.2) is 14.0 Å². The fourth-order valence-electron chi connectivity index (χ4n) is 7.53. The van der Waals surface area contributed by atoms with Gasteiger partial charge in [0.25, 0.3) is 5.56 Å². The maximum absolute atomic E-state index is 15.4. The van der Waals surface area contributed by atoms with Gasteiger partial charge in [0.05, 0.1) is 46.5 Å². The summed E-state index contributed by atoms with van der Waals surface area (Å²) in [5.41, 5.74) is -0.332. The number of nitrogens with zero attached hydrogens (tertiary/aromatic N) is 3. The third-order valence-electron chi connectivity index (χ3n) is 10.1. The van der Waals surface area contributed by atoms with Crippen LogP contribution in [0.2, 0.25) is 0 Å². The Hall–Kier alpha value is -4.88. The largest absolute Gasteiger partial charge is 0.497 e. The van der Waals surface area contributed by atoms with Gasteiger partial charge in [0.15, 0.2) is 6.23 Å². The fraction of sp³-hybridized carbons (Fsp3) is 0.386. The maximum atomic E-state index is 15.4. The third-order valence-corrected chi connectivity index (χ3v) is 13.5. The second-order valence-corrected chi connectivity index (χ2v) is 17.5. The lowest BCUT2D eigenvalue weighted by Crippen LogP contribution is -2.44. The molecule has 1 saturated heterocycles. The van der Waals surface area contributed by atoms with Gasteiger partial charge in [-0.15, -0.1) is 11.3 Å². The smallest absolute Gasteiger partial charge is 0.409 e. The Morgan fingerprint density at radius 1 is 0.867 bits per heavy atom. The molecule has 14 nitrogen and oxygen atoms in total. The normalized spacial score (nSPS) is 19.1. The van der Waals surface area contributed by atoms with E-state index in [4.69, 9.17) is 32.7 Å². The number of thiophene rings is 1. The molecule has 5 atom stereocenters. The second-order valence-electron chi connectivity index (χ2n) is 14.6. The predicted octanol–water partition coefficient (Wildman–Crippen LogP) is 7.65. The van der Waals surface area contributed by atoms with Crippen molar-refractivity contribution >= 4 is 19.1 Å². The van der Waals surface area contributed by atoms with Crippen LogP contribution in [0.4, 0.5) is 0 Å². The SMILES string of the molecule is COc1ccc(C(OC[C@H]2O[C@@H](n3ccc(=O)[nH]c3=O)[C@H](OCc3cccs3)[C@@H]2OP(=O)(OCCC#N)N(C(C)C)C(C)C)(c2ccccc2)c2ccc(OC)cc2)cc1. The summed E-state index contributed by atoms with van der Waals surface area (Å²) in [6.45, 7) is 7.22. The Labute approximate surface area is 353 Å². The average Bonchev–Trinajstić information content (AvgIpc) is 3.88. The molecule has 3 heterocycles. The van der Waals surface area contributed by atoms with Gasteiger partial charge in [-0.3, -0.25) is 23.4 Å².